The molecular weight excluding hydrogens is 276 g/mol. The van der Waals surface area contributed by atoms with Crippen LogP contribution in [0.4, 0.5) is 0 Å². The molecule has 0 amide bonds. The van der Waals surface area contributed by atoms with Crippen molar-refractivity contribution >= 4 is 130 Å². The summed E-state index contributed by atoms with van der Waals surface area (Å²) in [5, 5.41) is 0. The van der Waals surface area contributed by atoms with Crippen LogP contribution in [0.1, 0.15) is 6.92 Å². The molecule has 0 aromatic carbocycles. The number of rotatable bonds is 3. The molecule has 0 atom stereocenters. The van der Waals surface area contributed by atoms with Crippen LogP contribution in [-0.4, -0.2) is 139 Å². The zero-order valence-corrected chi connectivity index (χ0v) is 6.98. The predicted molar refractivity (Wildman–Crippen MR) is 56.2 cm³/mol. The van der Waals surface area contributed by atoms with E-state index >= 15 is 0 Å². The summed E-state index contributed by atoms with van der Waals surface area (Å²) < 4.78 is 17.6. The Morgan fingerprint density at radius 1 is 1.27 bits per heavy atom. The van der Waals surface area contributed by atoms with Gasteiger partial charge in [-0.15, -0.1) is 0 Å². The van der Waals surface area contributed by atoms with Crippen molar-refractivity contribution in [2.75, 3.05) is 6.61 Å². The van der Waals surface area contributed by atoms with Gasteiger partial charge in [0.15, 0.2) is 6.61 Å². The second-order valence-electron chi connectivity index (χ2n) is 1.73. The van der Waals surface area contributed by atoms with Gasteiger partial charge in [0.2, 0.25) is 0 Å². The Bertz CT molecular complexity index is 241. The van der Waals surface area contributed by atoms with E-state index in [1.807, 2.05) is 0 Å². The van der Waals surface area contributed by atoms with E-state index in [9.17, 15) is 14.2 Å². The molecule has 0 aromatic rings. The quantitative estimate of drug-likeness (QED) is 0.250. The van der Waals surface area contributed by atoms with E-state index in [0.717, 1.165) is 6.92 Å². The summed E-state index contributed by atoms with van der Waals surface area (Å²) in [5.74, 6) is -2.01. The third-order valence-corrected chi connectivity index (χ3v) is 1.07. The van der Waals surface area contributed by atoms with Crippen LogP contribution in [0.25, 0.3) is 0 Å². The predicted octanol–water partition coefficient (Wildman–Crippen LogP) is -2.76. The third-order valence-electron chi connectivity index (χ3n) is 0.608. The summed E-state index contributed by atoms with van der Waals surface area (Å²) in [6, 6.07) is 0. The van der Waals surface area contributed by atoms with Crippen LogP contribution in [0.15, 0.2) is 0 Å². The number of phosphoric acid groups is 1. The molecule has 0 rings (SSSR count). The molecule has 0 aliphatic heterocycles. The minimum absolute atomic E-state index is 0. The number of hydrogen-bond donors (Lipinski definition) is 2. The van der Waals surface area contributed by atoms with Crippen LogP contribution < -0.4 is 0 Å². The van der Waals surface area contributed by atoms with Crippen LogP contribution >= 0.6 is 7.82 Å². The first kappa shape index (κ1) is 26.4. The molecule has 7 nitrogen and oxygen atoms in total. The van der Waals surface area contributed by atoms with Crippen molar-refractivity contribution < 1.29 is 33.2 Å². The SMILES string of the molecule is CC(=O)OC(=O)COP(=O)(O)O.[KH].[NaH].[NaH]. The summed E-state index contributed by atoms with van der Waals surface area (Å²) in [6.07, 6.45) is 0. The second-order valence-corrected chi connectivity index (χ2v) is 2.97. The van der Waals surface area contributed by atoms with Gasteiger partial charge in [-0.25, -0.2) is 9.36 Å². The molecule has 0 heterocycles. The van der Waals surface area contributed by atoms with E-state index in [2.05, 4.69) is 9.26 Å². The molecule has 11 heteroatoms. The zero-order valence-electron chi connectivity index (χ0n) is 6.09. The molecule has 0 aromatic heterocycles. The Labute approximate surface area is 173 Å². The molecule has 2 N–H and O–H groups in total. The average molecular weight is 286 g/mol. The molecular formula is C4H10KNa2O7P. The van der Waals surface area contributed by atoms with Gasteiger partial charge in [0.25, 0.3) is 0 Å². The molecule has 0 aliphatic rings. The minimum atomic E-state index is -4.68. The number of esters is 2. The molecule has 15 heavy (non-hydrogen) atoms. The molecule has 0 bridgehead atoms. The fraction of sp³-hybridized carbons (Fsp3) is 0.500. The van der Waals surface area contributed by atoms with E-state index < -0.39 is 26.4 Å². The van der Waals surface area contributed by atoms with Crippen LogP contribution in [-0.2, 0) is 23.4 Å². The molecule has 0 spiro atoms. The first-order chi connectivity index (χ1) is 5.31. The van der Waals surface area contributed by atoms with Crippen molar-refractivity contribution in [3.05, 3.63) is 0 Å². The van der Waals surface area contributed by atoms with Crippen molar-refractivity contribution in [1.29, 1.82) is 0 Å². The number of carbonyl (C=O) groups is 2. The van der Waals surface area contributed by atoms with Crippen LogP contribution in [0.5, 0.6) is 0 Å². The molecule has 0 radical (unpaired) electrons. The summed E-state index contributed by atoms with van der Waals surface area (Å²) >= 11 is 0. The molecule has 76 valence electrons. The van der Waals surface area contributed by atoms with Crippen LogP contribution in [0.3, 0.4) is 0 Å². The van der Waals surface area contributed by atoms with Crippen molar-refractivity contribution in [1.82, 2.24) is 0 Å². The maximum atomic E-state index is 10.4. The average Bonchev–Trinajstić information content (AvgIpc) is 1.80. The van der Waals surface area contributed by atoms with Crippen molar-refractivity contribution in [3.8, 4) is 0 Å². The number of phosphoric ester groups is 1. The van der Waals surface area contributed by atoms with Crippen molar-refractivity contribution in [2.24, 2.45) is 0 Å². The number of hydrogen-bond acceptors (Lipinski definition) is 5. The topological polar surface area (TPSA) is 110 Å². The first-order valence-electron chi connectivity index (χ1n) is 2.72. The van der Waals surface area contributed by atoms with Crippen molar-refractivity contribution in [2.45, 2.75) is 6.92 Å². The monoisotopic (exact) mass is 286 g/mol. The summed E-state index contributed by atoms with van der Waals surface area (Å²) in [7, 11) is -4.68. The van der Waals surface area contributed by atoms with Gasteiger partial charge in [-0.05, 0) is 0 Å². The molecule has 0 saturated heterocycles. The third kappa shape index (κ3) is 22.5. The first-order valence-corrected chi connectivity index (χ1v) is 4.25. The molecule has 0 fully saturated rings. The number of carbonyl (C=O) groups excluding carboxylic acids is 2. The van der Waals surface area contributed by atoms with Gasteiger partial charge in [0.1, 0.15) is 0 Å². The fourth-order valence-electron chi connectivity index (χ4n) is 0.327. The van der Waals surface area contributed by atoms with E-state index in [-0.39, 0.29) is 110 Å². The summed E-state index contributed by atoms with van der Waals surface area (Å²) in [6.45, 7) is 0.0270. The maximum absolute atomic E-state index is 10.4. The van der Waals surface area contributed by atoms with Gasteiger partial charge < -0.3 is 14.5 Å². The molecule has 0 unspecified atom stereocenters. The standard InChI is InChI=1S/C4H7O7P.K.2Na.3H/c1-3(5)11-4(6)2-10-12(7,8)9;;;;;;/h2H2,1H3,(H2,7,8,9);;;;;;. The fourth-order valence-corrected chi connectivity index (χ4v) is 0.600. The summed E-state index contributed by atoms with van der Waals surface area (Å²) in [4.78, 5) is 36.7. The van der Waals surface area contributed by atoms with Crippen LogP contribution in [0.2, 0.25) is 0 Å². The van der Waals surface area contributed by atoms with Crippen LogP contribution in [0, 0.1) is 0 Å². The normalized spacial score (nSPS) is 8.73. The van der Waals surface area contributed by atoms with Gasteiger partial charge in [-0.3, -0.25) is 9.32 Å². The van der Waals surface area contributed by atoms with E-state index in [4.69, 9.17) is 9.79 Å². The second kappa shape index (κ2) is 13.3. The molecule has 0 aliphatic carbocycles. The van der Waals surface area contributed by atoms with Gasteiger partial charge in [-0.2, -0.15) is 0 Å². The van der Waals surface area contributed by atoms with Gasteiger partial charge in [0, 0.05) is 6.92 Å². The van der Waals surface area contributed by atoms with E-state index in [0.29, 0.717) is 0 Å². The Morgan fingerprint density at radius 3 is 1.93 bits per heavy atom. The van der Waals surface area contributed by atoms with Gasteiger partial charge in [0.05, 0.1) is 0 Å². The Balaban J connectivity index is -0.000000202. The van der Waals surface area contributed by atoms with E-state index in [1.165, 1.54) is 0 Å². The molecule has 0 saturated carbocycles. The zero-order chi connectivity index (χ0) is 9.78. The Kier molecular flexibility index (Phi) is 23.5. The van der Waals surface area contributed by atoms with Gasteiger partial charge >= 0.3 is 130 Å². The Hall–Kier alpha value is 2.89. The number of ether oxygens (including phenoxy) is 1. The van der Waals surface area contributed by atoms with Crippen molar-refractivity contribution in [3.63, 3.8) is 0 Å². The Morgan fingerprint density at radius 2 is 1.67 bits per heavy atom. The summed E-state index contributed by atoms with van der Waals surface area (Å²) in [5.41, 5.74) is 0. The van der Waals surface area contributed by atoms with E-state index in [1.54, 1.807) is 0 Å². The van der Waals surface area contributed by atoms with Gasteiger partial charge in [-0.1, -0.05) is 0 Å².